The Morgan fingerprint density at radius 2 is 1.73 bits per heavy atom. The van der Waals surface area contributed by atoms with Gasteiger partial charge in [-0.15, -0.1) is 24.8 Å². The van der Waals surface area contributed by atoms with Gasteiger partial charge in [-0.2, -0.15) is 0 Å². The number of anilines is 1. The predicted octanol–water partition coefficient (Wildman–Crippen LogP) is 3.58. The average Bonchev–Trinajstić information content (AvgIpc) is 2.63. The van der Waals surface area contributed by atoms with Crippen LogP contribution >= 0.6 is 24.8 Å². The molecule has 0 spiro atoms. The lowest BCUT2D eigenvalue weighted by Crippen LogP contribution is -2.49. The van der Waals surface area contributed by atoms with Crippen LogP contribution in [0.15, 0.2) is 18.2 Å². The third kappa shape index (κ3) is 5.77. The van der Waals surface area contributed by atoms with Gasteiger partial charge in [0.2, 0.25) is 5.91 Å². The molecule has 4 nitrogen and oxygen atoms in total. The van der Waals surface area contributed by atoms with E-state index in [9.17, 15) is 4.79 Å². The summed E-state index contributed by atoms with van der Waals surface area (Å²) in [6.45, 7) is 10.2. The highest BCUT2D eigenvalue weighted by Gasteiger charge is 2.23. The van der Waals surface area contributed by atoms with Crippen molar-refractivity contribution in [2.75, 3.05) is 44.2 Å². The highest BCUT2D eigenvalue weighted by molar-refractivity contribution is 5.85. The molecule has 148 valence electrons. The van der Waals surface area contributed by atoms with Gasteiger partial charge in [0.05, 0.1) is 0 Å². The average molecular weight is 402 g/mol. The minimum absolute atomic E-state index is 0. The molecular formula is C20H33Cl2N3O. The van der Waals surface area contributed by atoms with E-state index in [2.05, 4.69) is 47.2 Å². The summed E-state index contributed by atoms with van der Waals surface area (Å²) in [6, 6.07) is 6.50. The Hall–Kier alpha value is -0.970. The van der Waals surface area contributed by atoms with Gasteiger partial charge in [-0.25, -0.2) is 0 Å². The number of amides is 1. The highest BCUT2D eigenvalue weighted by Crippen LogP contribution is 2.24. The lowest BCUT2D eigenvalue weighted by atomic mass is 9.93. The van der Waals surface area contributed by atoms with Crippen LogP contribution in [0.5, 0.6) is 0 Å². The number of piperazine rings is 1. The zero-order chi connectivity index (χ0) is 16.9. The molecule has 0 atom stereocenters. The summed E-state index contributed by atoms with van der Waals surface area (Å²) in [5, 5.41) is 3.39. The zero-order valence-corrected chi connectivity index (χ0v) is 17.6. The van der Waals surface area contributed by atoms with Gasteiger partial charge >= 0.3 is 0 Å². The van der Waals surface area contributed by atoms with E-state index in [0.717, 1.165) is 58.0 Å². The van der Waals surface area contributed by atoms with E-state index < -0.39 is 0 Å². The minimum atomic E-state index is 0. The molecule has 2 heterocycles. The van der Waals surface area contributed by atoms with Crippen molar-refractivity contribution in [3.05, 3.63) is 29.3 Å². The van der Waals surface area contributed by atoms with Gasteiger partial charge in [-0.3, -0.25) is 4.79 Å². The summed E-state index contributed by atoms with van der Waals surface area (Å²) in [5.74, 6) is 1.10. The SMILES string of the molecule is Cc1cccc(N2CCN(C(=O)CCC3CCNCC3)CC2)c1C.Cl.Cl. The molecule has 0 unspecified atom stereocenters. The third-order valence-corrected chi connectivity index (χ3v) is 5.77. The van der Waals surface area contributed by atoms with Crippen LogP contribution in [0.2, 0.25) is 0 Å². The second-order valence-electron chi connectivity index (χ2n) is 7.32. The standard InChI is InChI=1S/C20H31N3O.2ClH/c1-16-4-3-5-19(17(16)2)22-12-14-23(15-13-22)20(24)7-6-18-8-10-21-11-9-18;;/h3-5,18,21H,6-15H2,1-2H3;2*1H. The molecule has 1 aromatic rings. The first kappa shape index (κ1) is 23.1. The summed E-state index contributed by atoms with van der Waals surface area (Å²) in [6.07, 6.45) is 4.26. The molecule has 0 bridgehead atoms. The molecule has 3 rings (SSSR count). The van der Waals surface area contributed by atoms with E-state index in [0.29, 0.717) is 5.91 Å². The van der Waals surface area contributed by atoms with Gasteiger partial charge in [-0.05, 0) is 69.3 Å². The summed E-state index contributed by atoms with van der Waals surface area (Å²) >= 11 is 0. The fourth-order valence-corrected chi connectivity index (χ4v) is 3.93. The molecule has 1 amide bonds. The number of carbonyl (C=O) groups excluding carboxylic acids is 1. The number of hydrogen-bond acceptors (Lipinski definition) is 3. The van der Waals surface area contributed by atoms with Crippen molar-refractivity contribution >= 4 is 36.4 Å². The van der Waals surface area contributed by atoms with Crippen molar-refractivity contribution in [3.63, 3.8) is 0 Å². The zero-order valence-electron chi connectivity index (χ0n) is 16.0. The Bertz CT molecular complexity index is 568. The van der Waals surface area contributed by atoms with Crippen molar-refractivity contribution in [3.8, 4) is 0 Å². The maximum atomic E-state index is 12.5. The summed E-state index contributed by atoms with van der Waals surface area (Å²) in [7, 11) is 0. The number of hydrogen-bond donors (Lipinski definition) is 1. The number of halogens is 2. The van der Waals surface area contributed by atoms with Crippen LogP contribution in [0.25, 0.3) is 0 Å². The van der Waals surface area contributed by atoms with Crippen LogP contribution in [0.4, 0.5) is 5.69 Å². The number of aryl methyl sites for hydroxylation is 1. The highest BCUT2D eigenvalue weighted by atomic mass is 35.5. The lowest BCUT2D eigenvalue weighted by molar-refractivity contribution is -0.131. The second kappa shape index (κ2) is 11.0. The van der Waals surface area contributed by atoms with Crippen LogP contribution in [-0.4, -0.2) is 50.1 Å². The minimum Gasteiger partial charge on any atom is -0.368 e. The van der Waals surface area contributed by atoms with E-state index in [1.165, 1.54) is 29.7 Å². The molecule has 2 fully saturated rings. The summed E-state index contributed by atoms with van der Waals surface area (Å²) in [4.78, 5) is 17.0. The molecule has 2 saturated heterocycles. The van der Waals surface area contributed by atoms with Crippen molar-refractivity contribution in [1.82, 2.24) is 10.2 Å². The molecule has 2 aliphatic rings. The van der Waals surface area contributed by atoms with Gasteiger partial charge in [0.1, 0.15) is 0 Å². The quantitative estimate of drug-likeness (QED) is 0.837. The number of rotatable bonds is 4. The van der Waals surface area contributed by atoms with E-state index in [-0.39, 0.29) is 24.8 Å². The summed E-state index contributed by atoms with van der Waals surface area (Å²) < 4.78 is 0. The normalized spacial score (nSPS) is 18.1. The molecule has 26 heavy (non-hydrogen) atoms. The maximum Gasteiger partial charge on any atom is 0.222 e. The Balaban J connectivity index is 0.00000169. The van der Waals surface area contributed by atoms with Gasteiger partial charge in [0.15, 0.2) is 0 Å². The summed E-state index contributed by atoms with van der Waals surface area (Å²) in [5.41, 5.74) is 4.04. The molecule has 1 aromatic carbocycles. The Kier molecular flexibility index (Phi) is 9.77. The van der Waals surface area contributed by atoms with Crippen molar-refractivity contribution in [2.24, 2.45) is 5.92 Å². The molecule has 6 heteroatoms. The van der Waals surface area contributed by atoms with Crippen LogP contribution in [0.3, 0.4) is 0 Å². The topological polar surface area (TPSA) is 35.6 Å². The van der Waals surface area contributed by atoms with Gasteiger partial charge in [-0.1, -0.05) is 12.1 Å². The monoisotopic (exact) mass is 401 g/mol. The van der Waals surface area contributed by atoms with Gasteiger partial charge in [0, 0.05) is 38.3 Å². The van der Waals surface area contributed by atoms with Crippen molar-refractivity contribution in [2.45, 2.75) is 39.5 Å². The Morgan fingerprint density at radius 1 is 1.08 bits per heavy atom. The number of piperidine rings is 1. The van der Waals surface area contributed by atoms with E-state index in [1.807, 2.05) is 0 Å². The molecule has 2 aliphatic heterocycles. The van der Waals surface area contributed by atoms with E-state index in [1.54, 1.807) is 0 Å². The fraction of sp³-hybridized carbons (Fsp3) is 0.650. The smallest absolute Gasteiger partial charge is 0.222 e. The first-order valence-electron chi connectivity index (χ1n) is 9.45. The first-order chi connectivity index (χ1) is 11.6. The Labute approximate surface area is 170 Å². The molecular weight excluding hydrogens is 369 g/mol. The van der Waals surface area contributed by atoms with Crippen molar-refractivity contribution in [1.29, 1.82) is 0 Å². The molecule has 1 N–H and O–H groups in total. The molecule has 0 saturated carbocycles. The van der Waals surface area contributed by atoms with Crippen LogP contribution in [-0.2, 0) is 4.79 Å². The molecule has 0 radical (unpaired) electrons. The lowest BCUT2D eigenvalue weighted by Gasteiger charge is -2.37. The second-order valence-corrected chi connectivity index (χ2v) is 7.32. The largest absolute Gasteiger partial charge is 0.368 e. The van der Waals surface area contributed by atoms with E-state index in [4.69, 9.17) is 0 Å². The van der Waals surface area contributed by atoms with Gasteiger partial charge in [0.25, 0.3) is 0 Å². The number of nitrogens with zero attached hydrogens (tertiary/aromatic N) is 2. The van der Waals surface area contributed by atoms with Crippen molar-refractivity contribution < 1.29 is 4.79 Å². The maximum absolute atomic E-state index is 12.5. The van der Waals surface area contributed by atoms with Crippen LogP contribution in [0.1, 0.15) is 36.8 Å². The predicted molar refractivity (Wildman–Crippen MR) is 114 cm³/mol. The molecule has 0 aliphatic carbocycles. The first-order valence-corrected chi connectivity index (χ1v) is 9.45. The molecule has 0 aromatic heterocycles. The van der Waals surface area contributed by atoms with Crippen LogP contribution in [0, 0.1) is 19.8 Å². The number of carbonyl (C=O) groups is 1. The number of benzene rings is 1. The Morgan fingerprint density at radius 3 is 2.38 bits per heavy atom. The van der Waals surface area contributed by atoms with Crippen LogP contribution < -0.4 is 10.2 Å². The third-order valence-electron chi connectivity index (χ3n) is 5.77. The van der Waals surface area contributed by atoms with Gasteiger partial charge < -0.3 is 15.1 Å². The fourth-order valence-electron chi connectivity index (χ4n) is 3.93. The number of nitrogens with one attached hydrogen (secondary N) is 1. The van der Waals surface area contributed by atoms with E-state index >= 15 is 0 Å².